The average molecular weight is 282 g/mol. The zero-order chi connectivity index (χ0) is 14.1. The van der Waals surface area contributed by atoms with Crippen molar-refractivity contribution in [1.82, 2.24) is 15.2 Å². The monoisotopic (exact) mass is 282 g/mol. The molecule has 1 aromatic carbocycles. The molecule has 110 valence electrons. The van der Waals surface area contributed by atoms with E-state index in [0.717, 1.165) is 24.6 Å². The number of nitrogens with one attached hydrogen (secondary N) is 2. The van der Waals surface area contributed by atoms with Crippen LogP contribution in [-0.4, -0.2) is 21.7 Å². The number of aromatic nitrogens is 3. The van der Waals surface area contributed by atoms with Crippen LogP contribution in [0.1, 0.15) is 61.2 Å². The lowest BCUT2D eigenvalue weighted by molar-refractivity contribution is 0.429. The van der Waals surface area contributed by atoms with Gasteiger partial charge in [-0.1, -0.05) is 37.5 Å². The van der Waals surface area contributed by atoms with Crippen molar-refractivity contribution >= 4 is 5.69 Å². The van der Waals surface area contributed by atoms with Gasteiger partial charge in [0.05, 0.1) is 0 Å². The number of nitrogens with zero attached hydrogens (tertiary/aromatic N) is 2. The fourth-order valence-corrected chi connectivity index (χ4v) is 3.65. The number of benzene rings is 1. The highest BCUT2D eigenvalue weighted by molar-refractivity contribution is 5.53. The van der Waals surface area contributed by atoms with Crippen molar-refractivity contribution in [3.8, 4) is 0 Å². The lowest BCUT2D eigenvalue weighted by Crippen LogP contribution is -2.22. The molecule has 4 heteroatoms. The second-order valence-corrected chi connectivity index (χ2v) is 6.35. The van der Waals surface area contributed by atoms with Crippen LogP contribution in [0.15, 0.2) is 24.3 Å². The smallest absolute Gasteiger partial charge is 0.155 e. The number of hydrogen-bond donors (Lipinski definition) is 2. The summed E-state index contributed by atoms with van der Waals surface area (Å²) in [6, 6.07) is 8.54. The Bertz CT molecular complexity index is 613. The number of anilines is 1. The highest BCUT2D eigenvalue weighted by Crippen LogP contribution is 2.32. The van der Waals surface area contributed by atoms with E-state index in [1.807, 2.05) is 0 Å². The molecule has 2 aliphatic rings. The molecular weight excluding hydrogens is 260 g/mol. The second-order valence-electron chi connectivity index (χ2n) is 6.35. The molecular formula is C17H22N4. The third-order valence-electron chi connectivity index (χ3n) is 4.90. The van der Waals surface area contributed by atoms with E-state index in [1.165, 1.54) is 43.4 Å². The summed E-state index contributed by atoms with van der Waals surface area (Å²) in [5, 5.41) is 11.2. The van der Waals surface area contributed by atoms with Crippen LogP contribution >= 0.6 is 0 Å². The zero-order valence-corrected chi connectivity index (χ0v) is 12.3. The first-order valence-corrected chi connectivity index (χ1v) is 8.14. The van der Waals surface area contributed by atoms with Gasteiger partial charge in [-0.2, -0.15) is 5.10 Å². The van der Waals surface area contributed by atoms with E-state index < -0.39 is 0 Å². The SMILES string of the molecule is c1ccc2c(c1)CC(c1n[nH]c(C3CCCCC3)n1)CN2. The topological polar surface area (TPSA) is 53.6 Å². The van der Waals surface area contributed by atoms with Crippen LogP contribution in [0.5, 0.6) is 0 Å². The minimum absolute atomic E-state index is 0.383. The third kappa shape index (κ3) is 2.55. The van der Waals surface area contributed by atoms with Gasteiger partial charge in [0.25, 0.3) is 0 Å². The predicted octanol–water partition coefficient (Wildman–Crippen LogP) is 3.60. The minimum Gasteiger partial charge on any atom is -0.384 e. The van der Waals surface area contributed by atoms with Gasteiger partial charge >= 0.3 is 0 Å². The van der Waals surface area contributed by atoms with Gasteiger partial charge in [-0.3, -0.25) is 5.10 Å². The van der Waals surface area contributed by atoms with Crippen LogP contribution in [-0.2, 0) is 6.42 Å². The summed E-state index contributed by atoms with van der Waals surface area (Å²) in [5.41, 5.74) is 2.63. The Balaban J connectivity index is 1.51. The van der Waals surface area contributed by atoms with Gasteiger partial charge in [0.15, 0.2) is 5.82 Å². The van der Waals surface area contributed by atoms with Crippen LogP contribution in [0.4, 0.5) is 5.69 Å². The normalized spacial score (nSPS) is 22.6. The third-order valence-corrected chi connectivity index (χ3v) is 4.90. The maximum absolute atomic E-state index is 4.82. The fraction of sp³-hybridized carbons (Fsp3) is 0.529. The molecule has 1 saturated carbocycles. The summed E-state index contributed by atoms with van der Waals surface area (Å²) in [4.78, 5) is 4.82. The molecule has 0 spiro atoms. The van der Waals surface area contributed by atoms with Crippen molar-refractivity contribution in [2.75, 3.05) is 11.9 Å². The molecule has 2 N–H and O–H groups in total. The van der Waals surface area contributed by atoms with Crippen LogP contribution in [0.2, 0.25) is 0 Å². The van der Waals surface area contributed by atoms with E-state index in [1.54, 1.807) is 0 Å². The number of hydrogen-bond acceptors (Lipinski definition) is 3. The van der Waals surface area contributed by atoms with Gasteiger partial charge in [-0.05, 0) is 30.9 Å². The quantitative estimate of drug-likeness (QED) is 0.884. The highest BCUT2D eigenvalue weighted by atomic mass is 15.2. The lowest BCUT2D eigenvalue weighted by Gasteiger charge is -2.24. The first-order chi connectivity index (χ1) is 10.4. The molecule has 2 heterocycles. The lowest BCUT2D eigenvalue weighted by atomic mass is 9.89. The van der Waals surface area contributed by atoms with Crippen molar-refractivity contribution in [2.45, 2.75) is 50.4 Å². The van der Waals surface area contributed by atoms with Crippen LogP contribution in [0.3, 0.4) is 0 Å². The molecule has 1 unspecified atom stereocenters. The Morgan fingerprint density at radius 2 is 1.86 bits per heavy atom. The Hall–Kier alpha value is -1.84. The van der Waals surface area contributed by atoms with Crippen LogP contribution < -0.4 is 5.32 Å². The molecule has 21 heavy (non-hydrogen) atoms. The fourth-order valence-electron chi connectivity index (χ4n) is 3.65. The van der Waals surface area contributed by atoms with Crippen molar-refractivity contribution in [1.29, 1.82) is 0 Å². The van der Waals surface area contributed by atoms with E-state index in [4.69, 9.17) is 4.98 Å². The van der Waals surface area contributed by atoms with Gasteiger partial charge in [0.2, 0.25) is 0 Å². The van der Waals surface area contributed by atoms with Crippen LogP contribution in [0, 0.1) is 0 Å². The minimum atomic E-state index is 0.383. The number of rotatable bonds is 2. The Labute approximate surface area is 125 Å². The van der Waals surface area contributed by atoms with E-state index in [-0.39, 0.29) is 0 Å². The van der Waals surface area contributed by atoms with Crippen molar-refractivity contribution < 1.29 is 0 Å². The molecule has 1 fully saturated rings. The molecule has 1 aliphatic carbocycles. The van der Waals surface area contributed by atoms with E-state index in [2.05, 4.69) is 39.8 Å². The molecule has 1 aliphatic heterocycles. The molecule has 0 amide bonds. The summed E-state index contributed by atoms with van der Waals surface area (Å²) < 4.78 is 0. The molecule has 0 radical (unpaired) electrons. The molecule has 0 saturated heterocycles. The standard InChI is InChI=1S/C17H22N4/c1-2-6-12(7-3-1)16-19-17(21-20-16)14-10-13-8-4-5-9-15(13)18-11-14/h4-5,8-9,12,14,18H,1-3,6-7,10-11H2,(H,19,20,21). The Morgan fingerprint density at radius 3 is 2.76 bits per heavy atom. The number of fused-ring (bicyclic) bond motifs is 1. The molecule has 2 aromatic rings. The molecule has 4 rings (SSSR count). The van der Waals surface area contributed by atoms with Crippen molar-refractivity contribution in [3.63, 3.8) is 0 Å². The van der Waals surface area contributed by atoms with Crippen molar-refractivity contribution in [3.05, 3.63) is 41.5 Å². The summed E-state index contributed by atoms with van der Waals surface area (Å²) in [6.07, 6.45) is 7.60. The first kappa shape index (κ1) is 12.9. The molecule has 4 nitrogen and oxygen atoms in total. The van der Waals surface area contributed by atoms with Gasteiger partial charge < -0.3 is 5.32 Å². The highest BCUT2D eigenvalue weighted by Gasteiger charge is 2.25. The van der Waals surface area contributed by atoms with Gasteiger partial charge in [0, 0.05) is 24.1 Å². The van der Waals surface area contributed by atoms with Gasteiger partial charge in [-0.15, -0.1) is 0 Å². The summed E-state index contributed by atoms with van der Waals surface area (Å²) in [5.74, 6) is 3.08. The molecule has 1 aromatic heterocycles. The van der Waals surface area contributed by atoms with E-state index >= 15 is 0 Å². The number of H-pyrrole nitrogens is 1. The van der Waals surface area contributed by atoms with Gasteiger partial charge in [-0.25, -0.2) is 4.98 Å². The summed E-state index contributed by atoms with van der Waals surface area (Å²) in [7, 11) is 0. The molecule has 0 bridgehead atoms. The predicted molar refractivity (Wildman–Crippen MR) is 83.6 cm³/mol. The zero-order valence-electron chi connectivity index (χ0n) is 12.3. The van der Waals surface area contributed by atoms with Crippen LogP contribution in [0.25, 0.3) is 0 Å². The summed E-state index contributed by atoms with van der Waals surface area (Å²) in [6.45, 7) is 0.930. The average Bonchev–Trinajstić information content (AvgIpc) is 3.05. The van der Waals surface area contributed by atoms with E-state index in [9.17, 15) is 0 Å². The van der Waals surface area contributed by atoms with Crippen molar-refractivity contribution in [2.24, 2.45) is 0 Å². The maximum Gasteiger partial charge on any atom is 0.155 e. The van der Waals surface area contributed by atoms with E-state index in [0.29, 0.717) is 11.8 Å². The maximum atomic E-state index is 4.82. The molecule has 1 atom stereocenters. The Kier molecular flexibility index (Phi) is 3.37. The summed E-state index contributed by atoms with van der Waals surface area (Å²) >= 11 is 0. The van der Waals surface area contributed by atoms with Gasteiger partial charge in [0.1, 0.15) is 5.82 Å². The second kappa shape index (κ2) is 5.51. The number of para-hydroxylation sites is 1. The first-order valence-electron chi connectivity index (χ1n) is 8.14. The Morgan fingerprint density at radius 1 is 1.00 bits per heavy atom. The number of aromatic amines is 1. The largest absolute Gasteiger partial charge is 0.384 e.